The van der Waals surface area contributed by atoms with Gasteiger partial charge in [-0.15, -0.1) is 0 Å². The second kappa shape index (κ2) is 5.73. The van der Waals surface area contributed by atoms with E-state index in [2.05, 4.69) is 0 Å². The predicted molar refractivity (Wildman–Crippen MR) is 80.8 cm³/mol. The van der Waals surface area contributed by atoms with Gasteiger partial charge in [0.05, 0.1) is 5.56 Å². The van der Waals surface area contributed by atoms with Gasteiger partial charge in [-0.3, -0.25) is 5.73 Å². The van der Waals surface area contributed by atoms with Crippen molar-refractivity contribution < 1.29 is 36.0 Å². The number of hydrogen-bond acceptors (Lipinski definition) is 2. The van der Waals surface area contributed by atoms with Gasteiger partial charge in [-0.2, -0.15) is 26.3 Å². The minimum absolute atomic E-state index is 0.314. The lowest BCUT2D eigenvalue weighted by Crippen LogP contribution is -2.53. The number of rotatable bonds is 2. The largest absolute Gasteiger partial charge is 0.430 e. The molecule has 0 amide bonds. The Hall–Kier alpha value is -2.55. The van der Waals surface area contributed by atoms with Gasteiger partial charge in [0, 0.05) is 11.1 Å². The highest BCUT2D eigenvalue weighted by molar-refractivity contribution is 5.97. The van der Waals surface area contributed by atoms with E-state index in [9.17, 15) is 31.4 Å². The van der Waals surface area contributed by atoms with Crippen LogP contribution < -0.4 is 5.73 Å². The standard InChI is InChI=1S/C17H12F6N2O/c18-16(19,20)15(26,17(21,22)23)11-5-7-12(8-6-11)25-9-10-3-1-2-4-13(10)14(25)24/h1-8,24,26H,9H2/p+1. The van der Waals surface area contributed by atoms with Gasteiger partial charge < -0.3 is 5.11 Å². The molecule has 0 radical (unpaired) electrons. The Morgan fingerprint density at radius 3 is 1.88 bits per heavy atom. The van der Waals surface area contributed by atoms with Crippen molar-refractivity contribution in [1.29, 1.82) is 0 Å². The Labute approximate surface area is 144 Å². The Kier molecular flexibility index (Phi) is 4.02. The van der Waals surface area contributed by atoms with Gasteiger partial charge in [0.1, 0.15) is 12.2 Å². The van der Waals surface area contributed by atoms with Crippen LogP contribution in [0.15, 0.2) is 48.5 Å². The highest BCUT2D eigenvalue weighted by Gasteiger charge is 2.71. The highest BCUT2D eigenvalue weighted by atomic mass is 19.4. The minimum atomic E-state index is -5.91. The van der Waals surface area contributed by atoms with E-state index in [0.717, 1.165) is 23.3 Å². The molecule has 0 aromatic heterocycles. The lowest BCUT2D eigenvalue weighted by molar-refractivity contribution is -0.453. The van der Waals surface area contributed by atoms with E-state index in [4.69, 9.17) is 5.73 Å². The van der Waals surface area contributed by atoms with Crippen LogP contribution in [-0.2, 0) is 12.1 Å². The molecule has 0 spiro atoms. The summed E-state index contributed by atoms with van der Waals surface area (Å²) in [6, 6.07) is 10.5. The first kappa shape index (κ1) is 18.2. The summed E-state index contributed by atoms with van der Waals surface area (Å²) in [6.07, 6.45) is -11.8. The first-order chi connectivity index (χ1) is 12.0. The molecule has 138 valence electrons. The van der Waals surface area contributed by atoms with E-state index < -0.39 is 23.5 Å². The Morgan fingerprint density at radius 1 is 0.846 bits per heavy atom. The van der Waals surface area contributed by atoms with E-state index in [0.29, 0.717) is 30.2 Å². The second-order valence-corrected chi connectivity index (χ2v) is 5.88. The summed E-state index contributed by atoms with van der Waals surface area (Å²) in [4.78, 5) is 0. The molecular weight excluding hydrogens is 362 g/mol. The first-order valence-electron chi connectivity index (χ1n) is 7.41. The Balaban J connectivity index is 2.01. The first-order valence-corrected chi connectivity index (χ1v) is 7.41. The van der Waals surface area contributed by atoms with Gasteiger partial charge in [0.2, 0.25) is 0 Å². The van der Waals surface area contributed by atoms with Crippen molar-refractivity contribution >= 4 is 11.5 Å². The molecule has 2 aromatic carbocycles. The summed E-state index contributed by atoms with van der Waals surface area (Å²) in [7, 11) is 0. The molecule has 0 bridgehead atoms. The van der Waals surface area contributed by atoms with E-state index >= 15 is 0 Å². The van der Waals surface area contributed by atoms with Gasteiger partial charge in [-0.05, 0) is 18.2 Å². The molecule has 3 rings (SSSR count). The summed E-state index contributed by atoms with van der Waals surface area (Å²) in [6.45, 7) is 0.337. The lowest BCUT2D eigenvalue weighted by atomic mass is 9.92. The van der Waals surface area contributed by atoms with E-state index in [1.807, 2.05) is 6.07 Å². The van der Waals surface area contributed by atoms with Crippen LogP contribution in [0.4, 0.5) is 32.0 Å². The SMILES string of the molecule is NC1=[N+](c2ccc(C(O)(C(F)(F)F)C(F)(F)F)cc2)Cc2ccccc21. The number of alkyl halides is 6. The van der Waals surface area contributed by atoms with Crippen LogP contribution in [0.2, 0.25) is 0 Å². The van der Waals surface area contributed by atoms with Crippen molar-refractivity contribution in [3.8, 4) is 0 Å². The molecule has 0 saturated carbocycles. The van der Waals surface area contributed by atoms with Crippen molar-refractivity contribution in [3.63, 3.8) is 0 Å². The molecule has 0 atom stereocenters. The third kappa shape index (κ3) is 2.63. The molecule has 1 aliphatic heterocycles. The number of benzene rings is 2. The third-order valence-corrected chi connectivity index (χ3v) is 4.33. The number of nitrogens with two attached hydrogens (primary N) is 1. The van der Waals surface area contributed by atoms with Crippen molar-refractivity contribution in [2.45, 2.75) is 24.5 Å². The molecule has 0 saturated heterocycles. The smallest absolute Gasteiger partial charge is 0.369 e. The van der Waals surface area contributed by atoms with Crippen molar-refractivity contribution in [2.24, 2.45) is 5.73 Å². The maximum Gasteiger partial charge on any atom is 0.430 e. The van der Waals surface area contributed by atoms with Crippen LogP contribution in [0.25, 0.3) is 0 Å². The van der Waals surface area contributed by atoms with Gasteiger partial charge in [-0.25, -0.2) is 4.58 Å². The molecule has 3 nitrogen and oxygen atoms in total. The monoisotopic (exact) mass is 375 g/mol. The van der Waals surface area contributed by atoms with Crippen LogP contribution in [-0.4, -0.2) is 27.9 Å². The van der Waals surface area contributed by atoms with Crippen LogP contribution in [0.1, 0.15) is 16.7 Å². The second-order valence-electron chi connectivity index (χ2n) is 5.88. The van der Waals surface area contributed by atoms with E-state index in [1.165, 1.54) is 0 Å². The maximum absolute atomic E-state index is 12.9. The van der Waals surface area contributed by atoms with Crippen molar-refractivity contribution in [3.05, 3.63) is 65.2 Å². The number of amidine groups is 1. The topological polar surface area (TPSA) is 49.3 Å². The average molecular weight is 375 g/mol. The van der Waals surface area contributed by atoms with E-state index in [-0.39, 0.29) is 0 Å². The molecule has 0 unspecified atom stereocenters. The number of halogens is 6. The van der Waals surface area contributed by atoms with Gasteiger partial charge in [0.15, 0.2) is 0 Å². The zero-order valence-electron chi connectivity index (χ0n) is 13.1. The van der Waals surface area contributed by atoms with Gasteiger partial charge in [-0.1, -0.05) is 30.3 Å². The van der Waals surface area contributed by atoms with Crippen molar-refractivity contribution in [1.82, 2.24) is 0 Å². The lowest BCUT2D eigenvalue weighted by Gasteiger charge is -2.32. The Morgan fingerprint density at radius 2 is 1.38 bits per heavy atom. The molecule has 0 aliphatic carbocycles. The number of hydrogen-bond donors (Lipinski definition) is 2. The normalized spacial score (nSPS) is 15.3. The van der Waals surface area contributed by atoms with Crippen LogP contribution in [0, 0.1) is 0 Å². The van der Waals surface area contributed by atoms with Crippen LogP contribution >= 0.6 is 0 Å². The average Bonchev–Trinajstić information content (AvgIpc) is 2.89. The zero-order chi connectivity index (χ0) is 19.3. The third-order valence-electron chi connectivity index (χ3n) is 4.33. The molecular formula is C17H13F6N2O+. The number of fused-ring (bicyclic) bond motifs is 1. The van der Waals surface area contributed by atoms with Crippen LogP contribution in [0.5, 0.6) is 0 Å². The summed E-state index contributed by atoms with van der Waals surface area (Å²) in [5, 5.41) is 9.41. The molecule has 2 aromatic rings. The molecule has 26 heavy (non-hydrogen) atoms. The summed E-state index contributed by atoms with van der Waals surface area (Å²) in [5.41, 5.74) is 1.71. The van der Waals surface area contributed by atoms with Gasteiger partial charge in [0.25, 0.3) is 11.4 Å². The fourth-order valence-electron chi connectivity index (χ4n) is 2.91. The quantitative estimate of drug-likeness (QED) is 0.623. The molecule has 3 N–H and O–H groups in total. The summed E-state index contributed by atoms with van der Waals surface area (Å²) < 4.78 is 79.1. The van der Waals surface area contributed by atoms with E-state index in [1.54, 1.807) is 22.8 Å². The van der Waals surface area contributed by atoms with Crippen LogP contribution in [0.3, 0.4) is 0 Å². The fourth-order valence-corrected chi connectivity index (χ4v) is 2.91. The predicted octanol–water partition coefficient (Wildman–Crippen LogP) is 3.56. The molecule has 0 fully saturated rings. The highest BCUT2D eigenvalue weighted by Crippen LogP contribution is 2.50. The van der Waals surface area contributed by atoms with Gasteiger partial charge >= 0.3 is 12.4 Å². The number of nitrogens with zero attached hydrogens (tertiary/aromatic N) is 1. The Bertz CT molecular complexity index is 854. The fraction of sp³-hybridized carbons (Fsp3) is 0.235. The molecule has 9 heteroatoms. The number of aliphatic hydroxyl groups is 1. The zero-order valence-corrected chi connectivity index (χ0v) is 13.1. The molecule has 1 aliphatic rings. The summed E-state index contributed by atoms with van der Waals surface area (Å²) in [5.74, 6) is 0.343. The maximum atomic E-state index is 12.9. The minimum Gasteiger partial charge on any atom is -0.369 e. The van der Waals surface area contributed by atoms with Crippen molar-refractivity contribution in [2.75, 3.05) is 0 Å². The molecule has 1 heterocycles. The summed E-state index contributed by atoms with van der Waals surface area (Å²) >= 11 is 0.